The molecule has 0 N–H and O–H groups in total. The average molecular weight is 438 g/mol. The Balaban J connectivity index is 1.29. The van der Waals surface area contributed by atoms with Crippen LogP contribution in [0.3, 0.4) is 0 Å². The van der Waals surface area contributed by atoms with Crippen molar-refractivity contribution < 1.29 is 4.79 Å². The minimum absolute atomic E-state index is 0.0559. The number of carbonyl (C=O) groups excluding carboxylic acids is 1. The Hall–Kier alpha value is -3.73. The molecule has 1 amide bonds. The van der Waals surface area contributed by atoms with Crippen LogP contribution in [0.15, 0.2) is 83.7 Å². The topological polar surface area (TPSA) is 55.2 Å². The maximum absolute atomic E-state index is 13.1. The predicted molar refractivity (Wildman–Crippen MR) is 131 cm³/mol. The third kappa shape index (κ3) is 4.31. The summed E-state index contributed by atoms with van der Waals surface area (Å²) >= 11 is 0. The zero-order chi connectivity index (χ0) is 22.8. The van der Waals surface area contributed by atoms with Crippen LogP contribution in [0, 0.1) is 12.8 Å². The lowest BCUT2D eigenvalue weighted by Gasteiger charge is -2.32. The van der Waals surface area contributed by atoms with Crippen molar-refractivity contribution in [2.24, 2.45) is 5.92 Å². The smallest absolute Gasteiger partial charge is 0.265 e. The Morgan fingerprint density at radius 2 is 1.58 bits per heavy atom. The lowest BCUT2D eigenvalue weighted by atomic mass is 9.90. The van der Waals surface area contributed by atoms with Gasteiger partial charge in [0.25, 0.3) is 11.5 Å². The van der Waals surface area contributed by atoms with Crippen molar-refractivity contribution in [1.82, 2.24) is 14.5 Å². The average Bonchev–Trinajstić information content (AvgIpc) is 2.85. The van der Waals surface area contributed by atoms with Gasteiger partial charge in [0.1, 0.15) is 5.82 Å². The molecule has 0 bridgehead atoms. The minimum atomic E-state index is -0.0994. The Morgan fingerprint density at radius 3 is 2.30 bits per heavy atom. The number of aryl methyl sites for hydroxylation is 1. The van der Waals surface area contributed by atoms with Crippen LogP contribution in [0.4, 0.5) is 0 Å². The second-order valence-electron chi connectivity index (χ2n) is 8.79. The van der Waals surface area contributed by atoms with E-state index in [1.807, 2.05) is 60.4 Å². The Kier molecular flexibility index (Phi) is 5.78. The van der Waals surface area contributed by atoms with E-state index in [1.54, 1.807) is 10.6 Å². The zero-order valence-electron chi connectivity index (χ0n) is 18.8. The molecule has 2 heterocycles. The summed E-state index contributed by atoms with van der Waals surface area (Å²) in [6.45, 7) is 3.39. The van der Waals surface area contributed by atoms with Crippen molar-refractivity contribution in [2.45, 2.75) is 26.2 Å². The fourth-order valence-electron chi connectivity index (χ4n) is 4.77. The number of hydrogen-bond acceptors (Lipinski definition) is 3. The predicted octanol–water partition coefficient (Wildman–Crippen LogP) is 4.79. The van der Waals surface area contributed by atoms with E-state index < -0.39 is 0 Å². The van der Waals surface area contributed by atoms with Crippen LogP contribution in [0.5, 0.6) is 0 Å². The standard InChI is InChI=1S/C28H27N3O2/c1-20-29-26-10-6-5-9-25(26)28(33)31(20)24-13-11-23(12-14-24)27(32)30-17-15-22(16-18-30)19-21-7-3-2-4-8-21/h2-14,22H,15-19H2,1H3. The van der Waals surface area contributed by atoms with Gasteiger partial charge in [-0.3, -0.25) is 14.2 Å². The van der Waals surface area contributed by atoms with Crippen molar-refractivity contribution >= 4 is 16.8 Å². The first-order valence-corrected chi connectivity index (χ1v) is 11.5. The molecule has 0 aliphatic carbocycles. The molecule has 5 rings (SSSR count). The summed E-state index contributed by atoms with van der Waals surface area (Å²) in [5.74, 6) is 1.30. The highest BCUT2D eigenvalue weighted by Crippen LogP contribution is 2.23. The summed E-state index contributed by atoms with van der Waals surface area (Å²) in [5.41, 5.74) is 3.33. The molecule has 33 heavy (non-hydrogen) atoms. The third-order valence-corrected chi connectivity index (χ3v) is 6.58. The van der Waals surface area contributed by atoms with Crippen molar-refractivity contribution in [1.29, 1.82) is 0 Å². The van der Waals surface area contributed by atoms with E-state index in [0.717, 1.165) is 32.4 Å². The molecule has 0 unspecified atom stereocenters. The van der Waals surface area contributed by atoms with E-state index in [1.165, 1.54) is 5.56 Å². The number of benzene rings is 3. The SMILES string of the molecule is Cc1nc2ccccc2c(=O)n1-c1ccc(C(=O)N2CCC(Cc3ccccc3)CC2)cc1. The van der Waals surface area contributed by atoms with Gasteiger partial charge in [-0.25, -0.2) is 4.98 Å². The molecule has 0 saturated carbocycles. The summed E-state index contributed by atoms with van der Waals surface area (Å²) in [6, 6.07) is 25.2. The molecule has 3 aromatic carbocycles. The van der Waals surface area contributed by atoms with E-state index in [9.17, 15) is 9.59 Å². The lowest BCUT2D eigenvalue weighted by molar-refractivity contribution is 0.0690. The van der Waals surface area contributed by atoms with Crippen LogP contribution >= 0.6 is 0 Å². The first-order chi connectivity index (χ1) is 16.1. The van der Waals surface area contributed by atoms with Crippen LogP contribution in [0.25, 0.3) is 16.6 Å². The van der Waals surface area contributed by atoms with Gasteiger partial charge < -0.3 is 4.90 Å². The molecule has 1 fully saturated rings. The molecule has 1 aromatic heterocycles. The molecule has 4 aromatic rings. The summed E-state index contributed by atoms with van der Waals surface area (Å²) in [6.07, 6.45) is 3.12. The van der Waals surface area contributed by atoms with Gasteiger partial charge in [0, 0.05) is 18.7 Å². The highest BCUT2D eigenvalue weighted by molar-refractivity contribution is 5.94. The normalized spacial score (nSPS) is 14.5. The molecule has 166 valence electrons. The number of likely N-dealkylation sites (tertiary alicyclic amines) is 1. The Bertz CT molecular complexity index is 1340. The van der Waals surface area contributed by atoms with Gasteiger partial charge in [-0.1, -0.05) is 42.5 Å². The van der Waals surface area contributed by atoms with Crippen LogP contribution in [-0.4, -0.2) is 33.4 Å². The molecule has 1 saturated heterocycles. The molecule has 5 nitrogen and oxygen atoms in total. The summed E-state index contributed by atoms with van der Waals surface area (Å²) in [7, 11) is 0. The molecule has 0 radical (unpaired) electrons. The number of fused-ring (bicyclic) bond motifs is 1. The van der Waals surface area contributed by atoms with Crippen LogP contribution in [0.1, 0.15) is 34.6 Å². The van der Waals surface area contributed by atoms with Gasteiger partial charge >= 0.3 is 0 Å². The Morgan fingerprint density at radius 1 is 0.909 bits per heavy atom. The van der Waals surface area contributed by atoms with Crippen molar-refractivity contribution in [3.63, 3.8) is 0 Å². The van der Waals surface area contributed by atoms with E-state index in [0.29, 0.717) is 33.9 Å². The number of piperidine rings is 1. The second-order valence-corrected chi connectivity index (χ2v) is 8.79. The van der Waals surface area contributed by atoms with E-state index in [-0.39, 0.29) is 11.5 Å². The van der Waals surface area contributed by atoms with E-state index in [2.05, 4.69) is 29.2 Å². The fraction of sp³-hybridized carbons (Fsp3) is 0.250. The maximum Gasteiger partial charge on any atom is 0.265 e. The number of hydrogen-bond donors (Lipinski definition) is 0. The summed E-state index contributed by atoms with van der Waals surface area (Å²) in [5, 5.41) is 0.585. The number of carbonyl (C=O) groups is 1. The van der Waals surface area contributed by atoms with Gasteiger partial charge in [0.15, 0.2) is 0 Å². The minimum Gasteiger partial charge on any atom is -0.339 e. The second kappa shape index (κ2) is 9.02. The molecule has 0 spiro atoms. The van der Waals surface area contributed by atoms with Gasteiger partial charge in [-0.05, 0) is 74.1 Å². The molecular weight excluding hydrogens is 410 g/mol. The monoisotopic (exact) mass is 437 g/mol. The maximum atomic E-state index is 13.1. The lowest BCUT2D eigenvalue weighted by Crippen LogP contribution is -2.38. The first-order valence-electron chi connectivity index (χ1n) is 11.5. The van der Waals surface area contributed by atoms with Crippen LogP contribution in [-0.2, 0) is 6.42 Å². The van der Waals surface area contributed by atoms with Gasteiger partial charge in [-0.2, -0.15) is 0 Å². The molecule has 0 atom stereocenters. The number of para-hydroxylation sites is 1. The number of amides is 1. The van der Waals surface area contributed by atoms with Gasteiger partial charge in [0.2, 0.25) is 0 Å². The quantitative estimate of drug-likeness (QED) is 0.461. The molecular formula is C28H27N3O2. The number of rotatable bonds is 4. The van der Waals surface area contributed by atoms with Crippen LogP contribution in [0.2, 0.25) is 0 Å². The van der Waals surface area contributed by atoms with Gasteiger partial charge in [0.05, 0.1) is 16.6 Å². The highest BCUT2D eigenvalue weighted by Gasteiger charge is 2.24. The molecule has 5 heteroatoms. The fourth-order valence-corrected chi connectivity index (χ4v) is 4.77. The van der Waals surface area contributed by atoms with Crippen molar-refractivity contribution in [3.05, 3.63) is 106 Å². The zero-order valence-corrected chi connectivity index (χ0v) is 18.8. The van der Waals surface area contributed by atoms with Crippen molar-refractivity contribution in [3.8, 4) is 5.69 Å². The van der Waals surface area contributed by atoms with Crippen LogP contribution < -0.4 is 5.56 Å². The largest absolute Gasteiger partial charge is 0.339 e. The Labute approximate surface area is 193 Å². The summed E-state index contributed by atoms with van der Waals surface area (Å²) < 4.78 is 1.60. The first kappa shape index (κ1) is 21.1. The number of nitrogens with zero attached hydrogens (tertiary/aromatic N) is 3. The van der Waals surface area contributed by atoms with Crippen molar-refractivity contribution in [2.75, 3.05) is 13.1 Å². The summed E-state index contributed by atoms with van der Waals surface area (Å²) in [4.78, 5) is 32.6. The molecule has 1 aliphatic heterocycles. The number of aromatic nitrogens is 2. The van der Waals surface area contributed by atoms with E-state index in [4.69, 9.17) is 0 Å². The third-order valence-electron chi connectivity index (χ3n) is 6.58. The van der Waals surface area contributed by atoms with Gasteiger partial charge in [-0.15, -0.1) is 0 Å². The molecule has 1 aliphatic rings. The van der Waals surface area contributed by atoms with E-state index >= 15 is 0 Å². The highest BCUT2D eigenvalue weighted by atomic mass is 16.2.